The van der Waals surface area contributed by atoms with E-state index in [1.54, 1.807) is 23.3 Å². The first kappa shape index (κ1) is 13.5. The Hall–Kier alpha value is -1.98. The summed E-state index contributed by atoms with van der Waals surface area (Å²) in [5.41, 5.74) is 0. The fraction of sp³-hybridized carbons (Fsp3) is 0.538. The van der Waals surface area contributed by atoms with Crippen LogP contribution in [0.2, 0.25) is 0 Å². The molecule has 1 aromatic rings. The van der Waals surface area contributed by atoms with Crippen LogP contribution in [0.4, 0.5) is 4.79 Å². The second kappa shape index (κ2) is 5.34. The molecule has 19 heavy (non-hydrogen) atoms. The van der Waals surface area contributed by atoms with E-state index >= 15 is 0 Å². The average Bonchev–Trinajstić information content (AvgIpc) is 2.96. The zero-order valence-electron chi connectivity index (χ0n) is 11.0. The number of carbonyl (C=O) groups is 2. The van der Waals surface area contributed by atoms with Crippen molar-refractivity contribution in [2.75, 3.05) is 13.1 Å². The molecular formula is C13H18N2O4. The second-order valence-electron chi connectivity index (χ2n) is 5.01. The van der Waals surface area contributed by atoms with E-state index in [0.29, 0.717) is 12.3 Å². The van der Waals surface area contributed by atoms with E-state index in [9.17, 15) is 9.59 Å². The van der Waals surface area contributed by atoms with Crippen LogP contribution in [0.3, 0.4) is 0 Å². The molecule has 6 nitrogen and oxygen atoms in total. The summed E-state index contributed by atoms with van der Waals surface area (Å²) in [6.07, 6.45) is 1.55. The van der Waals surface area contributed by atoms with Crippen molar-refractivity contribution in [2.24, 2.45) is 11.8 Å². The molecule has 1 aliphatic rings. The van der Waals surface area contributed by atoms with E-state index < -0.39 is 11.9 Å². The molecule has 1 saturated heterocycles. The van der Waals surface area contributed by atoms with Crippen molar-refractivity contribution < 1.29 is 19.1 Å². The fourth-order valence-corrected chi connectivity index (χ4v) is 2.34. The molecule has 2 heterocycles. The molecule has 1 aromatic heterocycles. The van der Waals surface area contributed by atoms with Crippen LogP contribution in [0.5, 0.6) is 0 Å². The molecule has 0 aromatic carbocycles. The van der Waals surface area contributed by atoms with Gasteiger partial charge in [-0.3, -0.25) is 4.79 Å². The Morgan fingerprint density at radius 2 is 2.26 bits per heavy atom. The van der Waals surface area contributed by atoms with Crippen molar-refractivity contribution in [1.82, 2.24) is 10.2 Å². The fourth-order valence-electron chi connectivity index (χ4n) is 2.34. The summed E-state index contributed by atoms with van der Waals surface area (Å²) in [7, 11) is 0. The molecule has 0 bridgehead atoms. The molecule has 1 fully saturated rings. The highest BCUT2D eigenvalue weighted by Crippen LogP contribution is 2.23. The van der Waals surface area contributed by atoms with E-state index in [0.717, 1.165) is 0 Å². The highest BCUT2D eigenvalue weighted by Gasteiger charge is 2.37. The van der Waals surface area contributed by atoms with Crippen molar-refractivity contribution >= 4 is 12.0 Å². The average molecular weight is 266 g/mol. The summed E-state index contributed by atoms with van der Waals surface area (Å²) in [5.74, 6) is -0.677. The molecule has 2 amide bonds. The number of carboxylic acid groups (broad SMARTS) is 1. The molecule has 1 aliphatic heterocycles. The summed E-state index contributed by atoms with van der Waals surface area (Å²) in [6, 6.07) is 3.06. The third kappa shape index (κ3) is 2.89. The van der Waals surface area contributed by atoms with E-state index in [2.05, 4.69) is 5.32 Å². The number of hydrogen-bond acceptors (Lipinski definition) is 3. The Morgan fingerprint density at radius 3 is 2.79 bits per heavy atom. The van der Waals surface area contributed by atoms with Gasteiger partial charge in [-0.15, -0.1) is 0 Å². The molecule has 0 radical (unpaired) electrons. The number of hydrogen-bond donors (Lipinski definition) is 2. The quantitative estimate of drug-likeness (QED) is 0.872. The molecule has 0 saturated carbocycles. The van der Waals surface area contributed by atoms with Gasteiger partial charge in [0.05, 0.1) is 18.2 Å². The van der Waals surface area contributed by atoms with Gasteiger partial charge in [-0.05, 0) is 25.0 Å². The molecule has 2 rings (SSSR count). The van der Waals surface area contributed by atoms with Gasteiger partial charge in [-0.2, -0.15) is 0 Å². The topological polar surface area (TPSA) is 82.8 Å². The summed E-state index contributed by atoms with van der Waals surface area (Å²) < 4.78 is 5.21. The number of aliphatic carboxylic acids is 1. The van der Waals surface area contributed by atoms with Gasteiger partial charge in [-0.1, -0.05) is 6.92 Å². The smallest absolute Gasteiger partial charge is 0.318 e. The largest absolute Gasteiger partial charge is 0.481 e. The SMILES string of the molecule is CC(NC(=O)N1C[C@@H](C)[C@H](C(=O)O)C1)c1ccco1. The van der Waals surface area contributed by atoms with Gasteiger partial charge in [-0.25, -0.2) is 4.79 Å². The first-order valence-electron chi connectivity index (χ1n) is 6.30. The number of amides is 2. The van der Waals surface area contributed by atoms with Gasteiger partial charge in [0.15, 0.2) is 0 Å². The van der Waals surface area contributed by atoms with E-state index in [1.165, 1.54) is 0 Å². The highest BCUT2D eigenvalue weighted by atomic mass is 16.4. The molecule has 104 valence electrons. The van der Waals surface area contributed by atoms with Gasteiger partial charge < -0.3 is 19.7 Å². The number of nitrogens with zero attached hydrogens (tertiary/aromatic N) is 1. The number of furan rings is 1. The Kier molecular flexibility index (Phi) is 3.78. The molecule has 6 heteroatoms. The maximum absolute atomic E-state index is 12.0. The molecule has 0 aliphatic carbocycles. The molecular weight excluding hydrogens is 248 g/mol. The van der Waals surface area contributed by atoms with Crippen molar-refractivity contribution in [1.29, 1.82) is 0 Å². The zero-order chi connectivity index (χ0) is 14.0. The van der Waals surface area contributed by atoms with Gasteiger partial charge in [0.1, 0.15) is 5.76 Å². The third-order valence-corrected chi connectivity index (χ3v) is 3.53. The Balaban J connectivity index is 1.93. The molecule has 3 atom stereocenters. The number of carboxylic acids is 1. The van der Waals surface area contributed by atoms with Crippen LogP contribution in [0.15, 0.2) is 22.8 Å². The van der Waals surface area contributed by atoms with E-state index in [1.807, 2.05) is 13.8 Å². The van der Waals surface area contributed by atoms with E-state index in [-0.39, 0.29) is 24.5 Å². The summed E-state index contributed by atoms with van der Waals surface area (Å²) in [5, 5.41) is 11.8. The van der Waals surface area contributed by atoms with Crippen LogP contribution in [0, 0.1) is 11.8 Å². The number of urea groups is 1. The zero-order valence-corrected chi connectivity index (χ0v) is 11.0. The van der Waals surface area contributed by atoms with Gasteiger partial charge in [0, 0.05) is 13.1 Å². The monoisotopic (exact) mass is 266 g/mol. The third-order valence-electron chi connectivity index (χ3n) is 3.53. The van der Waals surface area contributed by atoms with Crippen LogP contribution in [0.25, 0.3) is 0 Å². The Bertz CT molecular complexity index is 457. The normalized spacial score (nSPS) is 24.2. The minimum absolute atomic E-state index is 0.0258. The number of carbonyl (C=O) groups excluding carboxylic acids is 1. The van der Waals surface area contributed by atoms with Crippen LogP contribution in [-0.4, -0.2) is 35.1 Å². The standard InChI is InChI=1S/C13H18N2O4/c1-8-6-15(7-10(8)12(16)17)13(18)14-9(2)11-4-3-5-19-11/h3-5,8-10H,6-7H2,1-2H3,(H,14,18)(H,16,17)/t8-,9?,10-/m1/s1. The lowest BCUT2D eigenvalue weighted by Crippen LogP contribution is -2.40. The second-order valence-corrected chi connectivity index (χ2v) is 5.01. The van der Waals surface area contributed by atoms with Crippen molar-refractivity contribution in [3.8, 4) is 0 Å². The van der Waals surface area contributed by atoms with Crippen molar-refractivity contribution in [3.05, 3.63) is 24.2 Å². The van der Waals surface area contributed by atoms with Crippen LogP contribution in [-0.2, 0) is 4.79 Å². The van der Waals surface area contributed by atoms with Crippen molar-refractivity contribution in [2.45, 2.75) is 19.9 Å². The number of nitrogens with one attached hydrogen (secondary N) is 1. The Morgan fingerprint density at radius 1 is 1.53 bits per heavy atom. The number of likely N-dealkylation sites (tertiary alicyclic amines) is 1. The van der Waals surface area contributed by atoms with E-state index in [4.69, 9.17) is 9.52 Å². The molecule has 1 unspecified atom stereocenters. The minimum atomic E-state index is -0.845. The van der Waals surface area contributed by atoms with Gasteiger partial charge >= 0.3 is 12.0 Å². The highest BCUT2D eigenvalue weighted by molar-refractivity contribution is 5.77. The summed E-state index contributed by atoms with van der Waals surface area (Å²) in [6.45, 7) is 4.40. The lowest BCUT2D eigenvalue weighted by molar-refractivity contribution is -0.142. The summed E-state index contributed by atoms with van der Waals surface area (Å²) in [4.78, 5) is 24.6. The predicted molar refractivity (Wildman–Crippen MR) is 67.5 cm³/mol. The van der Waals surface area contributed by atoms with Crippen LogP contribution >= 0.6 is 0 Å². The predicted octanol–water partition coefficient (Wildman–Crippen LogP) is 1.70. The maximum Gasteiger partial charge on any atom is 0.318 e. The lowest BCUT2D eigenvalue weighted by atomic mass is 9.99. The number of rotatable bonds is 3. The lowest BCUT2D eigenvalue weighted by Gasteiger charge is -2.19. The van der Waals surface area contributed by atoms with Crippen LogP contribution < -0.4 is 5.32 Å². The van der Waals surface area contributed by atoms with Gasteiger partial charge in [0.2, 0.25) is 0 Å². The minimum Gasteiger partial charge on any atom is -0.481 e. The molecule has 0 spiro atoms. The first-order valence-corrected chi connectivity index (χ1v) is 6.30. The summed E-state index contributed by atoms with van der Waals surface area (Å²) >= 11 is 0. The Labute approximate surface area is 111 Å². The van der Waals surface area contributed by atoms with Gasteiger partial charge in [0.25, 0.3) is 0 Å². The van der Waals surface area contributed by atoms with Crippen LogP contribution in [0.1, 0.15) is 25.6 Å². The van der Waals surface area contributed by atoms with Crippen molar-refractivity contribution in [3.63, 3.8) is 0 Å². The maximum atomic E-state index is 12.0. The first-order chi connectivity index (χ1) is 8.99. The molecule has 2 N–H and O–H groups in total.